The van der Waals surface area contributed by atoms with Crippen molar-refractivity contribution in [2.75, 3.05) is 26.2 Å². The molecule has 1 N–H and O–H groups in total. The largest absolute Gasteiger partial charge is 0.494 e. The molecule has 0 unspecified atom stereocenters. The highest BCUT2D eigenvalue weighted by molar-refractivity contribution is 5.27. The molecule has 3 rings (SSSR count). The fraction of sp³-hybridized carbons (Fsp3) is 0.647. The van der Waals surface area contributed by atoms with Crippen molar-refractivity contribution in [3.63, 3.8) is 0 Å². The zero-order valence-corrected chi connectivity index (χ0v) is 12.5. The molecule has 2 heterocycles. The normalized spacial score (nSPS) is 26.4. The van der Waals surface area contributed by atoms with Gasteiger partial charge in [-0.3, -0.25) is 4.90 Å². The molecule has 0 spiro atoms. The summed E-state index contributed by atoms with van der Waals surface area (Å²) in [6.45, 7) is 7.68. The molecule has 2 aliphatic heterocycles. The number of nitrogens with one attached hydrogen (secondary N) is 1. The average molecular weight is 274 g/mol. The molecule has 0 saturated carbocycles. The van der Waals surface area contributed by atoms with Gasteiger partial charge in [0.2, 0.25) is 0 Å². The van der Waals surface area contributed by atoms with E-state index >= 15 is 0 Å². The van der Waals surface area contributed by atoms with E-state index in [-0.39, 0.29) is 0 Å². The van der Waals surface area contributed by atoms with Gasteiger partial charge in [0.1, 0.15) is 5.75 Å². The van der Waals surface area contributed by atoms with E-state index in [4.69, 9.17) is 4.74 Å². The van der Waals surface area contributed by atoms with E-state index in [1.165, 1.54) is 38.0 Å². The number of hydrogen-bond acceptors (Lipinski definition) is 3. The summed E-state index contributed by atoms with van der Waals surface area (Å²) < 4.78 is 5.63. The van der Waals surface area contributed by atoms with E-state index in [9.17, 15) is 0 Å². The lowest BCUT2D eigenvalue weighted by Gasteiger charge is -2.24. The molecule has 1 aromatic carbocycles. The Morgan fingerprint density at radius 3 is 2.85 bits per heavy atom. The Hall–Kier alpha value is -1.06. The first-order valence-electron chi connectivity index (χ1n) is 8.02. The summed E-state index contributed by atoms with van der Waals surface area (Å²) in [6.07, 6.45) is 3.81. The monoisotopic (exact) mass is 274 g/mol. The number of piperidine rings is 1. The number of ether oxygens (including phenoxy) is 1. The highest BCUT2D eigenvalue weighted by atomic mass is 16.5. The van der Waals surface area contributed by atoms with Gasteiger partial charge in [-0.05, 0) is 49.4 Å². The Morgan fingerprint density at radius 1 is 1.25 bits per heavy atom. The Balaban J connectivity index is 1.53. The SMILES string of the molecule is CCCOc1ccc(CN2C[C@@H]3CCCN[C@@H]3C2)cc1. The van der Waals surface area contributed by atoms with Crippen LogP contribution < -0.4 is 10.1 Å². The second-order valence-corrected chi connectivity index (χ2v) is 6.15. The molecular formula is C17H26N2O. The van der Waals surface area contributed by atoms with E-state index in [1.54, 1.807) is 0 Å². The van der Waals surface area contributed by atoms with Crippen molar-refractivity contribution in [1.82, 2.24) is 10.2 Å². The van der Waals surface area contributed by atoms with Crippen molar-refractivity contribution in [2.45, 2.75) is 38.8 Å². The van der Waals surface area contributed by atoms with Crippen LogP contribution in [0.4, 0.5) is 0 Å². The van der Waals surface area contributed by atoms with Gasteiger partial charge in [0.25, 0.3) is 0 Å². The van der Waals surface area contributed by atoms with Gasteiger partial charge < -0.3 is 10.1 Å². The highest BCUT2D eigenvalue weighted by Crippen LogP contribution is 2.26. The van der Waals surface area contributed by atoms with Crippen LogP contribution in [0.15, 0.2) is 24.3 Å². The molecule has 0 radical (unpaired) electrons. The molecule has 2 atom stereocenters. The molecule has 3 nitrogen and oxygen atoms in total. The van der Waals surface area contributed by atoms with Gasteiger partial charge in [0, 0.05) is 25.7 Å². The second-order valence-electron chi connectivity index (χ2n) is 6.15. The lowest BCUT2D eigenvalue weighted by atomic mass is 9.94. The Labute approximate surface area is 122 Å². The van der Waals surface area contributed by atoms with Gasteiger partial charge >= 0.3 is 0 Å². The zero-order chi connectivity index (χ0) is 13.8. The van der Waals surface area contributed by atoms with Crippen LogP contribution in [0, 0.1) is 5.92 Å². The third-order valence-electron chi connectivity index (χ3n) is 4.48. The summed E-state index contributed by atoms with van der Waals surface area (Å²) in [7, 11) is 0. The lowest BCUT2D eigenvalue weighted by Crippen LogP contribution is -2.40. The van der Waals surface area contributed by atoms with Crippen LogP contribution in [0.3, 0.4) is 0 Å². The number of likely N-dealkylation sites (tertiary alicyclic amines) is 1. The molecule has 2 fully saturated rings. The maximum atomic E-state index is 5.63. The van der Waals surface area contributed by atoms with Crippen molar-refractivity contribution in [3.8, 4) is 5.75 Å². The first-order chi connectivity index (χ1) is 9.85. The fourth-order valence-corrected chi connectivity index (χ4v) is 3.43. The first-order valence-corrected chi connectivity index (χ1v) is 8.02. The topological polar surface area (TPSA) is 24.5 Å². The van der Waals surface area contributed by atoms with Crippen molar-refractivity contribution < 1.29 is 4.74 Å². The van der Waals surface area contributed by atoms with E-state index in [0.29, 0.717) is 0 Å². The van der Waals surface area contributed by atoms with Gasteiger partial charge in [-0.1, -0.05) is 19.1 Å². The number of fused-ring (bicyclic) bond motifs is 1. The second kappa shape index (κ2) is 6.59. The molecule has 20 heavy (non-hydrogen) atoms. The fourth-order valence-electron chi connectivity index (χ4n) is 3.43. The minimum Gasteiger partial charge on any atom is -0.494 e. The van der Waals surface area contributed by atoms with Crippen LogP contribution in [-0.4, -0.2) is 37.2 Å². The maximum absolute atomic E-state index is 5.63. The standard InChI is InChI=1S/C17H26N2O/c1-2-10-20-16-7-5-14(6-8-16)11-19-12-15-4-3-9-18-17(15)13-19/h5-8,15,17-18H,2-4,9-13H2,1H3/t15-,17+/m0/s1. The molecule has 0 amide bonds. The minimum atomic E-state index is 0.732. The zero-order valence-electron chi connectivity index (χ0n) is 12.5. The highest BCUT2D eigenvalue weighted by Gasteiger charge is 2.33. The van der Waals surface area contributed by atoms with Crippen molar-refractivity contribution in [2.24, 2.45) is 5.92 Å². The third-order valence-corrected chi connectivity index (χ3v) is 4.48. The molecule has 110 valence electrons. The van der Waals surface area contributed by atoms with Gasteiger partial charge in [-0.2, -0.15) is 0 Å². The van der Waals surface area contributed by atoms with Gasteiger partial charge in [-0.25, -0.2) is 0 Å². The number of benzene rings is 1. The maximum Gasteiger partial charge on any atom is 0.119 e. The van der Waals surface area contributed by atoms with E-state index in [2.05, 4.69) is 41.4 Å². The number of hydrogen-bond donors (Lipinski definition) is 1. The summed E-state index contributed by atoms with van der Waals surface area (Å²) in [5, 5.41) is 3.67. The predicted molar refractivity (Wildman–Crippen MR) is 82.0 cm³/mol. The molecule has 0 aliphatic carbocycles. The molecule has 3 heteroatoms. The van der Waals surface area contributed by atoms with Gasteiger partial charge in [-0.15, -0.1) is 0 Å². The lowest BCUT2D eigenvalue weighted by molar-refractivity contribution is 0.310. The van der Waals surface area contributed by atoms with Crippen LogP contribution in [0.25, 0.3) is 0 Å². The summed E-state index contributed by atoms with van der Waals surface area (Å²) in [4.78, 5) is 2.59. The summed E-state index contributed by atoms with van der Waals surface area (Å²) >= 11 is 0. The van der Waals surface area contributed by atoms with Crippen molar-refractivity contribution in [3.05, 3.63) is 29.8 Å². The Morgan fingerprint density at radius 2 is 2.10 bits per heavy atom. The first kappa shape index (κ1) is 13.9. The Bertz CT molecular complexity index is 404. The molecule has 0 bridgehead atoms. The smallest absolute Gasteiger partial charge is 0.119 e. The quantitative estimate of drug-likeness (QED) is 0.893. The summed E-state index contributed by atoms with van der Waals surface area (Å²) in [5.74, 6) is 1.86. The minimum absolute atomic E-state index is 0.732. The average Bonchev–Trinajstić information content (AvgIpc) is 2.89. The summed E-state index contributed by atoms with van der Waals surface area (Å²) in [6, 6.07) is 9.36. The molecule has 2 aliphatic rings. The molecule has 2 saturated heterocycles. The molecule has 0 aromatic heterocycles. The van der Waals surface area contributed by atoms with Crippen LogP contribution in [0.1, 0.15) is 31.7 Å². The third kappa shape index (κ3) is 3.33. The Kier molecular flexibility index (Phi) is 4.58. The van der Waals surface area contributed by atoms with Crippen LogP contribution >= 0.6 is 0 Å². The summed E-state index contributed by atoms with van der Waals surface area (Å²) in [5.41, 5.74) is 1.40. The van der Waals surface area contributed by atoms with Crippen molar-refractivity contribution >= 4 is 0 Å². The van der Waals surface area contributed by atoms with Gasteiger partial charge in [0.05, 0.1) is 6.61 Å². The van der Waals surface area contributed by atoms with E-state index in [1.807, 2.05) is 0 Å². The predicted octanol–water partition coefficient (Wildman–Crippen LogP) is 2.66. The number of nitrogens with zero attached hydrogens (tertiary/aromatic N) is 1. The van der Waals surface area contributed by atoms with Crippen LogP contribution in [0.5, 0.6) is 5.75 Å². The van der Waals surface area contributed by atoms with Crippen LogP contribution in [0.2, 0.25) is 0 Å². The molecule has 1 aromatic rings. The van der Waals surface area contributed by atoms with Gasteiger partial charge in [0.15, 0.2) is 0 Å². The van der Waals surface area contributed by atoms with E-state index < -0.39 is 0 Å². The molecular weight excluding hydrogens is 248 g/mol. The van der Waals surface area contributed by atoms with Crippen molar-refractivity contribution in [1.29, 1.82) is 0 Å². The van der Waals surface area contributed by atoms with Crippen LogP contribution in [-0.2, 0) is 6.54 Å². The number of rotatable bonds is 5. The van der Waals surface area contributed by atoms with E-state index in [0.717, 1.165) is 37.3 Å².